The molecule has 12 rings (SSSR count). The summed E-state index contributed by atoms with van der Waals surface area (Å²) in [6.07, 6.45) is 11.7. The molecule has 1 N–H and O–H groups in total. The highest BCUT2D eigenvalue weighted by Crippen LogP contribution is 2.39. The number of fused-ring (bicyclic) bond motifs is 6. The van der Waals surface area contributed by atoms with E-state index in [0.717, 1.165) is 95.2 Å². The quantitative estimate of drug-likeness (QED) is 0.0561. The normalized spacial score (nSPS) is 12.2. The maximum atomic E-state index is 13.7. The summed E-state index contributed by atoms with van der Waals surface area (Å²) in [5.41, 5.74) is 13.4. The number of sulfone groups is 2. The third-order valence-corrected chi connectivity index (χ3v) is 23.1. The molecule has 0 unspecified atom stereocenters. The molecular formula is C92H103BrN2O8S2. The Morgan fingerprint density at radius 1 is 0.343 bits per heavy atom. The minimum Gasteiger partial charge on any atom is -0.494 e. The van der Waals surface area contributed by atoms with Crippen molar-refractivity contribution in [3.8, 4) is 28.7 Å². The van der Waals surface area contributed by atoms with Gasteiger partial charge in [0.2, 0.25) is 19.7 Å². The van der Waals surface area contributed by atoms with Gasteiger partial charge in [-0.3, -0.25) is 0 Å². The van der Waals surface area contributed by atoms with Crippen molar-refractivity contribution in [1.82, 2.24) is 9.55 Å². The number of halogens is 1. The Morgan fingerprint density at radius 3 is 0.905 bits per heavy atom. The molecule has 0 atom stereocenters. The molecule has 0 aliphatic carbocycles. The van der Waals surface area contributed by atoms with Gasteiger partial charge in [-0.2, -0.15) is 0 Å². The molecule has 13 heteroatoms. The molecule has 0 bridgehead atoms. The van der Waals surface area contributed by atoms with E-state index in [1.165, 1.54) is 54.8 Å². The first-order valence-electron chi connectivity index (χ1n) is 36.6. The number of aromatic amines is 1. The second-order valence-corrected chi connectivity index (χ2v) is 35.9. The van der Waals surface area contributed by atoms with Crippen LogP contribution in [0.5, 0.6) is 23.0 Å². The van der Waals surface area contributed by atoms with Crippen LogP contribution in [0.15, 0.2) is 256 Å². The van der Waals surface area contributed by atoms with Crippen LogP contribution in [0.1, 0.15) is 168 Å². The smallest absolute Gasteiger partial charge is 0.206 e. The molecule has 0 radical (unpaired) electrons. The molecule has 0 aliphatic rings. The van der Waals surface area contributed by atoms with Gasteiger partial charge < -0.3 is 28.5 Å². The van der Waals surface area contributed by atoms with Crippen molar-refractivity contribution in [1.29, 1.82) is 0 Å². The molecule has 0 aliphatic heterocycles. The third-order valence-electron chi connectivity index (χ3n) is 19.0. The first-order chi connectivity index (χ1) is 49.9. The van der Waals surface area contributed by atoms with Crippen LogP contribution in [-0.2, 0) is 41.3 Å². The number of nitrogens with one attached hydrogen (secondary N) is 1. The Balaban J connectivity index is 0.000000188. The maximum absolute atomic E-state index is 13.7. The highest BCUT2D eigenvalue weighted by atomic mass is 79.9. The molecule has 0 amide bonds. The highest BCUT2D eigenvalue weighted by molar-refractivity contribution is 9.10. The Kier molecular flexibility index (Phi) is 25.4. The fourth-order valence-electron chi connectivity index (χ4n) is 12.4. The number of benzene rings is 10. The zero-order valence-electron chi connectivity index (χ0n) is 63.2. The zero-order valence-corrected chi connectivity index (χ0v) is 66.5. The molecule has 2 heterocycles. The van der Waals surface area contributed by atoms with Crippen molar-refractivity contribution >= 4 is 91.4 Å². The Bertz CT molecular complexity index is 5010. The van der Waals surface area contributed by atoms with Gasteiger partial charge in [-0.05, 0) is 276 Å². The SMILES string of the molecule is C=Cc1ccc(OCCCCCCOc2ccc(S(=O)(=O)c3ccc(-n4c5ccc(C(C)(C)C)cc5c5cc(C(C)(C)C)ccc54)cc3)cc2)cc1.C=Cc1ccc(OCCCCCCOc2ccc(S(=O)(=O)c3ccc(Br)cc3)cc2)cc1.CC(C)(C)c1ccc2[nH]c3ccc(C(C)(C)C)cc3c2c1. The number of hydrogen-bond donors (Lipinski definition) is 1. The number of ether oxygens (including phenoxy) is 4. The number of rotatable bonds is 25. The van der Waals surface area contributed by atoms with Crippen molar-refractivity contribution in [2.75, 3.05) is 26.4 Å². The molecule has 10 nitrogen and oxygen atoms in total. The predicted molar refractivity (Wildman–Crippen MR) is 441 cm³/mol. The Morgan fingerprint density at radius 2 is 0.610 bits per heavy atom. The summed E-state index contributed by atoms with van der Waals surface area (Å²) in [7, 11) is -7.24. The van der Waals surface area contributed by atoms with Crippen molar-refractivity contribution in [2.24, 2.45) is 0 Å². The van der Waals surface area contributed by atoms with E-state index in [2.05, 4.69) is 195 Å². The summed E-state index contributed by atoms with van der Waals surface area (Å²) < 4.78 is 79.0. The molecule has 10 aromatic carbocycles. The largest absolute Gasteiger partial charge is 0.494 e. The molecule has 548 valence electrons. The summed E-state index contributed by atoms with van der Waals surface area (Å²) >= 11 is 3.32. The van der Waals surface area contributed by atoms with Crippen molar-refractivity contribution in [2.45, 2.75) is 176 Å². The van der Waals surface area contributed by atoms with Crippen LogP contribution >= 0.6 is 15.9 Å². The van der Waals surface area contributed by atoms with Crippen molar-refractivity contribution in [3.05, 3.63) is 269 Å². The minimum absolute atomic E-state index is 0.0148. The lowest BCUT2D eigenvalue weighted by Gasteiger charge is -2.19. The molecule has 0 saturated heterocycles. The van der Waals surface area contributed by atoms with Gasteiger partial charge in [-0.25, -0.2) is 16.8 Å². The Hall–Kier alpha value is -9.14. The van der Waals surface area contributed by atoms with Crippen LogP contribution in [0, 0.1) is 0 Å². The van der Waals surface area contributed by atoms with E-state index in [1.54, 1.807) is 84.9 Å². The Labute approximate surface area is 632 Å². The van der Waals surface area contributed by atoms with E-state index >= 15 is 0 Å². The van der Waals surface area contributed by atoms with Gasteiger partial charge in [0.05, 0.1) is 57.0 Å². The molecule has 0 fully saturated rings. The zero-order chi connectivity index (χ0) is 75.3. The summed E-state index contributed by atoms with van der Waals surface area (Å²) in [5, 5.41) is 5.07. The maximum Gasteiger partial charge on any atom is 0.206 e. The van der Waals surface area contributed by atoms with E-state index in [-0.39, 0.29) is 41.2 Å². The first-order valence-corrected chi connectivity index (χ1v) is 40.3. The fourth-order valence-corrected chi connectivity index (χ4v) is 15.2. The van der Waals surface area contributed by atoms with E-state index in [1.807, 2.05) is 72.8 Å². The van der Waals surface area contributed by atoms with Crippen molar-refractivity contribution in [3.63, 3.8) is 0 Å². The summed E-state index contributed by atoms with van der Waals surface area (Å²) in [6.45, 7) is 37.1. The topological polar surface area (TPSA) is 126 Å². The lowest BCUT2D eigenvalue weighted by molar-refractivity contribution is 0.287. The molecule has 0 saturated carbocycles. The number of unbranched alkanes of at least 4 members (excludes halogenated alkanes) is 6. The van der Waals surface area contributed by atoms with Crippen LogP contribution in [0.2, 0.25) is 0 Å². The summed E-state index contributed by atoms with van der Waals surface area (Å²) in [5.74, 6) is 3.09. The predicted octanol–water partition coefficient (Wildman–Crippen LogP) is 24.7. The van der Waals surface area contributed by atoms with Crippen LogP contribution in [0.25, 0.3) is 61.5 Å². The molecule has 2 aromatic heterocycles. The van der Waals surface area contributed by atoms with Gasteiger partial charge in [0.1, 0.15) is 23.0 Å². The van der Waals surface area contributed by atoms with Crippen molar-refractivity contribution < 1.29 is 35.8 Å². The van der Waals surface area contributed by atoms with Crippen LogP contribution in [0.3, 0.4) is 0 Å². The summed E-state index contributed by atoms with van der Waals surface area (Å²) in [6, 6.07) is 70.0. The minimum atomic E-state index is -3.71. The third kappa shape index (κ3) is 20.3. The molecule has 12 aromatic rings. The number of aromatic nitrogens is 2. The summed E-state index contributed by atoms with van der Waals surface area (Å²) in [4.78, 5) is 4.56. The van der Waals surface area contributed by atoms with Gasteiger partial charge >= 0.3 is 0 Å². The molecular weight excluding hydrogens is 1410 g/mol. The lowest BCUT2D eigenvalue weighted by atomic mass is 9.85. The monoisotopic (exact) mass is 1510 g/mol. The van der Waals surface area contributed by atoms with E-state index in [9.17, 15) is 16.8 Å². The first kappa shape index (κ1) is 78.4. The standard InChI is InChI=1S/C46H51NO4S.C26H27BrO4S.C20H25N/c1-8-33-13-19-37(20-14-33)50-29-11-9-10-12-30-51-38-21-25-40(26-22-38)52(48,49)39-23-17-36(18-24-39)47-43-27-15-34(45(2,3)4)31-41(43)42-32-35(46(5,6)7)16-28-44(42)47;1-2-21-7-11-23(12-8-21)30-19-5-3-4-6-20-31-24-13-17-26(18-14-24)32(28,29)25-15-9-22(27)10-16-25;1-19(2,3)13-7-9-17-15(11-13)16-12-14(20(4,5)6)8-10-18(16)21-17/h8,13-28,31-32H,1,9-12,29-30H2,2-7H3;2,7-18H,1,3-6,19-20H2;7-12,21H,1-6H3. The van der Waals surface area contributed by atoms with Crippen LogP contribution in [0.4, 0.5) is 0 Å². The van der Waals surface area contributed by atoms with Crippen LogP contribution in [-0.4, -0.2) is 52.8 Å². The van der Waals surface area contributed by atoms with E-state index in [0.29, 0.717) is 37.9 Å². The fraction of sp³-hybridized carbons (Fsp3) is 0.304. The van der Waals surface area contributed by atoms with E-state index < -0.39 is 19.7 Å². The van der Waals surface area contributed by atoms with Gasteiger partial charge in [0.25, 0.3) is 0 Å². The van der Waals surface area contributed by atoms with Gasteiger partial charge in [-0.15, -0.1) is 0 Å². The van der Waals surface area contributed by atoms with Gasteiger partial charge in [-0.1, -0.05) is 173 Å². The average Bonchev–Trinajstić information content (AvgIpc) is 1.59. The second-order valence-electron chi connectivity index (χ2n) is 31.1. The van der Waals surface area contributed by atoms with Gasteiger partial charge in [0.15, 0.2) is 0 Å². The number of H-pyrrole nitrogens is 1. The lowest BCUT2D eigenvalue weighted by Crippen LogP contribution is -2.10. The molecule has 105 heavy (non-hydrogen) atoms. The molecule has 0 spiro atoms. The average molecular weight is 1510 g/mol. The van der Waals surface area contributed by atoms with Gasteiger partial charge in [0, 0.05) is 42.7 Å². The number of nitrogens with zero attached hydrogens (tertiary/aromatic N) is 1. The highest BCUT2D eigenvalue weighted by Gasteiger charge is 2.24. The van der Waals surface area contributed by atoms with E-state index in [4.69, 9.17) is 18.9 Å². The number of hydrogen-bond acceptors (Lipinski definition) is 8. The second kappa shape index (κ2) is 34.0. The van der Waals surface area contributed by atoms with Crippen LogP contribution < -0.4 is 18.9 Å².